The van der Waals surface area contributed by atoms with Gasteiger partial charge in [-0.25, -0.2) is 0 Å². The molecule has 1 aliphatic rings. The molecule has 0 radical (unpaired) electrons. The van der Waals surface area contributed by atoms with E-state index < -0.39 is 23.5 Å². The average molecular weight is 368 g/mol. The lowest BCUT2D eigenvalue weighted by atomic mass is 9.82. The van der Waals surface area contributed by atoms with Crippen LogP contribution in [0.3, 0.4) is 0 Å². The van der Waals surface area contributed by atoms with Crippen LogP contribution in [0.5, 0.6) is 17.2 Å². The Balaban J connectivity index is 2.33. The van der Waals surface area contributed by atoms with Crippen LogP contribution in [0.15, 0.2) is 24.3 Å². The third-order valence-electron chi connectivity index (χ3n) is 3.80. The SMILES string of the molecule is CC(=O)Oc1cc(O)cc2c1C(=O)c1c(OC(C)=O)cc(C=O)cc1C2=O. The van der Waals surface area contributed by atoms with E-state index >= 15 is 0 Å². The molecule has 3 rings (SSSR count). The molecule has 136 valence electrons. The molecule has 27 heavy (non-hydrogen) atoms. The van der Waals surface area contributed by atoms with Crippen molar-refractivity contribution in [2.45, 2.75) is 13.8 Å². The second-order valence-electron chi connectivity index (χ2n) is 5.77. The van der Waals surface area contributed by atoms with Crippen LogP contribution in [0.25, 0.3) is 0 Å². The van der Waals surface area contributed by atoms with E-state index in [1.807, 2.05) is 0 Å². The van der Waals surface area contributed by atoms with E-state index in [1.54, 1.807) is 0 Å². The Kier molecular flexibility index (Phi) is 4.32. The lowest BCUT2D eigenvalue weighted by Crippen LogP contribution is -2.24. The number of aldehydes is 1. The summed E-state index contributed by atoms with van der Waals surface area (Å²) >= 11 is 0. The third-order valence-corrected chi connectivity index (χ3v) is 3.80. The zero-order valence-corrected chi connectivity index (χ0v) is 14.2. The molecule has 2 aromatic rings. The predicted molar refractivity (Wildman–Crippen MR) is 89.4 cm³/mol. The van der Waals surface area contributed by atoms with E-state index in [4.69, 9.17) is 9.47 Å². The van der Waals surface area contributed by atoms with E-state index in [0.717, 1.165) is 32.0 Å². The Morgan fingerprint density at radius 1 is 0.852 bits per heavy atom. The number of aromatic hydroxyl groups is 1. The number of carbonyl (C=O) groups excluding carboxylic acids is 5. The summed E-state index contributed by atoms with van der Waals surface area (Å²) in [6, 6.07) is 4.44. The fraction of sp³-hybridized carbons (Fsp3) is 0.105. The number of rotatable bonds is 3. The van der Waals surface area contributed by atoms with Crippen molar-refractivity contribution < 1.29 is 38.6 Å². The minimum atomic E-state index is -0.759. The summed E-state index contributed by atoms with van der Waals surface area (Å²) in [7, 11) is 0. The van der Waals surface area contributed by atoms with Crippen LogP contribution < -0.4 is 9.47 Å². The number of carbonyl (C=O) groups is 5. The van der Waals surface area contributed by atoms with Crippen molar-refractivity contribution >= 4 is 29.8 Å². The van der Waals surface area contributed by atoms with Gasteiger partial charge in [-0.2, -0.15) is 0 Å². The van der Waals surface area contributed by atoms with Crippen molar-refractivity contribution in [3.05, 3.63) is 52.1 Å². The van der Waals surface area contributed by atoms with Crippen LogP contribution in [0.4, 0.5) is 0 Å². The number of ketones is 2. The zero-order chi connectivity index (χ0) is 19.9. The highest BCUT2D eigenvalue weighted by Gasteiger charge is 2.36. The summed E-state index contributed by atoms with van der Waals surface area (Å²) in [5.74, 6) is -3.89. The number of esters is 2. The van der Waals surface area contributed by atoms with Gasteiger partial charge in [0.15, 0.2) is 5.78 Å². The molecular weight excluding hydrogens is 356 g/mol. The Bertz CT molecular complexity index is 1050. The number of hydrogen-bond acceptors (Lipinski definition) is 8. The molecule has 0 fully saturated rings. The fourth-order valence-corrected chi connectivity index (χ4v) is 2.87. The smallest absolute Gasteiger partial charge is 0.308 e. The molecule has 0 atom stereocenters. The summed E-state index contributed by atoms with van der Waals surface area (Å²) < 4.78 is 9.96. The topological polar surface area (TPSA) is 124 Å². The van der Waals surface area contributed by atoms with E-state index in [0.29, 0.717) is 6.29 Å². The molecule has 0 spiro atoms. The van der Waals surface area contributed by atoms with Gasteiger partial charge in [-0.15, -0.1) is 0 Å². The van der Waals surface area contributed by atoms with Gasteiger partial charge in [-0.05, 0) is 18.2 Å². The Morgan fingerprint density at radius 3 is 1.89 bits per heavy atom. The van der Waals surface area contributed by atoms with Gasteiger partial charge in [0.05, 0.1) is 11.1 Å². The van der Waals surface area contributed by atoms with Gasteiger partial charge in [-0.1, -0.05) is 0 Å². The zero-order valence-electron chi connectivity index (χ0n) is 14.2. The van der Waals surface area contributed by atoms with Gasteiger partial charge in [0.25, 0.3) is 0 Å². The van der Waals surface area contributed by atoms with Gasteiger partial charge >= 0.3 is 11.9 Å². The maximum Gasteiger partial charge on any atom is 0.308 e. The van der Waals surface area contributed by atoms with Crippen LogP contribution in [-0.4, -0.2) is 34.9 Å². The lowest BCUT2D eigenvalue weighted by Gasteiger charge is -2.22. The van der Waals surface area contributed by atoms with Gasteiger partial charge < -0.3 is 14.6 Å². The molecule has 0 saturated heterocycles. The maximum absolute atomic E-state index is 13.1. The molecule has 0 heterocycles. The van der Waals surface area contributed by atoms with Crippen molar-refractivity contribution in [3.63, 3.8) is 0 Å². The van der Waals surface area contributed by atoms with Gasteiger partial charge in [0.2, 0.25) is 5.78 Å². The van der Waals surface area contributed by atoms with Crippen LogP contribution in [0.2, 0.25) is 0 Å². The molecule has 0 unspecified atom stereocenters. The van der Waals surface area contributed by atoms with Gasteiger partial charge in [-0.3, -0.25) is 24.0 Å². The van der Waals surface area contributed by atoms with Crippen LogP contribution >= 0.6 is 0 Å². The highest BCUT2D eigenvalue weighted by Crippen LogP contribution is 2.40. The molecule has 8 nitrogen and oxygen atoms in total. The normalized spacial score (nSPS) is 12.1. The summed E-state index contributed by atoms with van der Waals surface area (Å²) in [6.07, 6.45) is 0.438. The van der Waals surface area contributed by atoms with E-state index in [9.17, 15) is 29.1 Å². The van der Waals surface area contributed by atoms with Crippen LogP contribution in [0.1, 0.15) is 56.0 Å². The van der Waals surface area contributed by atoms with Crippen molar-refractivity contribution in [3.8, 4) is 17.2 Å². The number of phenolic OH excluding ortho intramolecular Hbond substituents is 1. The van der Waals surface area contributed by atoms with Crippen molar-refractivity contribution in [1.29, 1.82) is 0 Å². The first-order valence-electron chi connectivity index (χ1n) is 7.69. The number of phenols is 1. The molecule has 2 aromatic carbocycles. The van der Waals surface area contributed by atoms with Crippen molar-refractivity contribution in [2.24, 2.45) is 0 Å². The Morgan fingerprint density at radius 2 is 1.37 bits per heavy atom. The number of benzene rings is 2. The summed E-state index contributed by atoms with van der Waals surface area (Å²) in [5, 5.41) is 9.83. The minimum Gasteiger partial charge on any atom is -0.508 e. The number of hydrogen-bond donors (Lipinski definition) is 1. The third kappa shape index (κ3) is 3.08. The van der Waals surface area contributed by atoms with E-state index in [2.05, 4.69) is 0 Å². The Labute approximate surface area is 152 Å². The number of fused-ring (bicyclic) bond motifs is 2. The first kappa shape index (κ1) is 18.0. The maximum atomic E-state index is 13.1. The van der Waals surface area contributed by atoms with Gasteiger partial charge in [0.1, 0.15) is 23.5 Å². The standard InChI is InChI=1S/C19H12O8/c1-8(21)26-14-4-10(7-20)3-12-16(14)19(25)17-13(18(12)24)5-11(23)6-15(17)27-9(2)22/h3-7,23H,1-2H3. The highest BCUT2D eigenvalue weighted by molar-refractivity contribution is 6.30. The molecule has 0 amide bonds. The van der Waals surface area contributed by atoms with E-state index in [-0.39, 0.29) is 45.1 Å². The molecular formula is C19H12O8. The highest BCUT2D eigenvalue weighted by atomic mass is 16.5. The first-order chi connectivity index (χ1) is 12.7. The summed E-state index contributed by atoms with van der Waals surface area (Å²) in [6.45, 7) is 2.20. The predicted octanol–water partition coefficient (Wildman–Crippen LogP) is 1.83. The lowest BCUT2D eigenvalue weighted by molar-refractivity contribution is -0.132. The largest absolute Gasteiger partial charge is 0.508 e. The monoisotopic (exact) mass is 368 g/mol. The van der Waals surface area contributed by atoms with Gasteiger partial charge in [0, 0.05) is 36.6 Å². The molecule has 1 N–H and O–H groups in total. The summed E-state index contributed by atoms with van der Waals surface area (Å²) in [5.41, 5.74) is -0.802. The van der Waals surface area contributed by atoms with Crippen molar-refractivity contribution in [1.82, 2.24) is 0 Å². The van der Waals surface area contributed by atoms with Crippen LogP contribution in [0, 0.1) is 0 Å². The molecule has 0 saturated carbocycles. The van der Waals surface area contributed by atoms with Crippen LogP contribution in [-0.2, 0) is 9.59 Å². The number of ether oxygens (including phenoxy) is 2. The molecule has 8 heteroatoms. The quantitative estimate of drug-likeness (QED) is 0.422. The molecule has 0 aliphatic heterocycles. The minimum absolute atomic E-state index is 0.0231. The molecule has 0 aromatic heterocycles. The average Bonchev–Trinajstić information content (AvgIpc) is 2.57. The van der Waals surface area contributed by atoms with E-state index in [1.165, 1.54) is 6.07 Å². The van der Waals surface area contributed by atoms with Crippen molar-refractivity contribution in [2.75, 3.05) is 0 Å². The molecule has 1 aliphatic carbocycles. The summed E-state index contributed by atoms with van der Waals surface area (Å²) in [4.78, 5) is 59.8. The second-order valence-corrected chi connectivity index (χ2v) is 5.77. The Hall–Kier alpha value is -3.81. The fourth-order valence-electron chi connectivity index (χ4n) is 2.87. The first-order valence-corrected chi connectivity index (χ1v) is 7.69. The second kappa shape index (κ2) is 6.49. The molecule has 0 bridgehead atoms.